The Morgan fingerprint density at radius 2 is 1.96 bits per heavy atom. The minimum absolute atomic E-state index is 0.194. The first-order valence-corrected chi connectivity index (χ1v) is 8.59. The zero-order valence-electron chi connectivity index (χ0n) is 14.4. The van der Waals surface area contributed by atoms with Crippen molar-refractivity contribution >= 4 is 11.0 Å². The van der Waals surface area contributed by atoms with Gasteiger partial charge in [-0.05, 0) is 37.5 Å². The summed E-state index contributed by atoms with van der Waals surface area (Å²) in [6.45, 7) is 1.33. The predicted molar refractivity (Wildman–Crippen MR) is 91.3 cm³/mol. The Morgan fingerprint density at radius 3 is 2.52 bits per heavy atom. The summed E-state index contributed by atoms with van der Waals surface area (Å²) < 4.78 is 39.8. The lowest BCUT2D eigenvalue weighted by Crippen LogP contribution is -2.14. The Labute approximate surface area is 151 Å². The van der Waals surface area contributed by atoms with Crippen molar-refractivity contribution in [2.45, 2.75) is 44.5 Å². The van der Waals surface area contributed by atoms with Crippen LogP contribution in [0, 0.1) is 0 Å². The number of H-pyrrole nitrogens is 1. The number of alkyl halides is 3. The van der Waals surface area contributed by atoms with E-state index in [1.54, 1.807) is 6.92 Å². The third-order valence-electron chi connectivity index (χ3n) is 4.85. The molecule has 0 saturated heterocycles. The monoisotopic (exact) mass is 378 g/mol. The molecule has 0 amide bonds. The molecule has 0 radical (unpaired) electrons. The number of hydrogen-bond acceptors (Lipinski definition) is 4. The maximum Gasteiger partial charge on any atom is 0.416 e. The molecule has 2 heterocycles. The van der Waals surface area contributed by atoms with E-state index in [-0.39, 0.29) is 22.6 Å². The second-order valence-corrected chi connectivity index (χ2v) is 6.77. The van der Waals surface area contributed by atoms with Gasteiger partial charge in [0, 0.05) is 5.92 Å². The fourth-order valence-corrected chi connectivity index (χ4v) is 3.15. The molecular weight excluding hydrogens is 361 g/mol. The first kappa shape index (κ1) is 17.7. The number of aliphatic hydroxyl groups is 1. The van der Waals surface area contributed by atoms with E-state index in [1.165, 1.54) is 16.8 Å². The van der Waals surface area contributed by atoms with E-state index < -0.39 is 24.4 Å². The van der Waals surface area contributed by atoms with Crippen molar-refractivity contribution in [3.05, 3.63) is 57.3 Å². The summed E-state index contributed by atoms with van der Waals surface area (Å²) in [6.07, 6.45) is -2.51. The van der Waals surface area contributed by atoms with Crippen LogP contribution < -0.4 is 5.56 Å². The summed E-state index contributed by atoms with van der Waals surface area (Å²) in [7, 11) is 0. The molecule has 27 heavy (non-hydrogen) atoms. The molecule has 4 rings (SSSR count). The smallest absolute Gasteiger partial charge is 0.390 e. The first-order valence-electron chi connectivity index (χ1n) is 8.59. The second-order valence-electron chi connectivity index (χ2n) is 6.77. The van der Waals surface area contributed by atoms with Crippen LogP contribution in [-0.2, 0) is 12.8 Å². The lowest BCUT2D eigenvalue weighted by atomic mass is 10.1. The normalized spacial score (nSPS) is 16.0. The van der Waals surface area contributed by atoms with E-state index in [9.17, 15) is 23.1 Å². The van der Waals surface area contributed by atoms with Gasteiger partial charge in [-0.25, -0.2) is 9.67 Å². The molecule has 1 aliphatic rings. The van der Waals surface area contributed by atoms with Crippen LogP contribution in [0.3, 0.4) is 0 Å². The van der Waals surface area contributed by atoms with Crippen LogP contribution in [0.15, 0.2) is 29.1 Å². The maximum absolute atomic E-state index is 12.8. The minimum atomic E-state index is -4.40. The highest BCUT2D eigenvalue weighted by Crippen LogP contribution is 2.38. The quantitative estimate of drug-likeness (QED) is 0.731. The van der Waals surface area contributed by atoms with Gasteiger partial charge in [0.25, 0.3) is 5.56 Å². The second kappa shape index (κ2) is 6.19. The van der Waals surface area contributed by atoms with Gasteiger partial charge in [-0.1, -0.05) is 12.1 Å². The van der Waals surface area contributed by atoms with E-state index in [0.717, 1.165) is 25.0 Å². The Morgan fingerprint density at radius 1 is 1.30 bits per heavy atom. The van der Waals surface area contributed by atoms with Crippen LogP contribution in [0.25, 0.3) is 11.0 Å². The molecule has 142 valence electrons. The van der Waals surface area contributed by atoms with Gasteiger partial charge in [0.1, 0.15) is 16.9 Å². The van der Waals surface area contributed by atoms with Gasteiger partial charge in [0.2, 0.25) is 0 Å². The Balaban J connectivity index is 1.81. The van der Waals surface area contributed by atoms with Gasteiger partial charge in [-0.2, -0.15) is 18.3 Å². The molecule has 1 saturated carbocycles. The van der Waals surface area contributed by atoms with Crippen LogP contribution in [0.5, 0.6) is 0 Å². The number of aromatic nitrogens is 4. The van der Waals surface area contributed by atoms with Crippen LogP contribution in [0.1, 0.15) is 54.4 Å². The van der Waals surface area contributed by atoms with Crippen molar-refractivity contribution in [3.63, 3.8) is 0 Å². The molecular formula is C18H17F3N4O2. The van der Waals surface area contributed by atoms with Crippen molar-refractivity contribution in [2.75, 3.05) is 0 Å². The molecule has 2 aromatic heterocycles. The van der Waals surface area contributed by atoms with Gasteiger partial charge in [-0.3, -0.25) is 4.79 Å². The molecule has 0 unspecified atom stereocenters. The van der Waals surface area contributed by atoms with Crippen molar-refractivity contribution < 1.29 is 18.3 Å². The van der Waals surface area contributed by atoms with Crippen LogP contribution in [0.4, 0.5) is 13.2 Å². The Bertz CT molecular complexity index is 1050. The molecule has 1 atom stereocenters. The van der Waals surface area contributed by atoms with E-state index in [1.807, 2.05) is 0 Å². The number of fused-ring (bicyclic) bond motifs is 1. The number of nitrogens with zero attached hydrogens (tertiary/aromatic N) is 3. The molecule has 3 aromatic rings. The number of hydrogen-bond donors (Lipinski definition) is 2. The average Bonchev–Trinajstić information content (AvgIpc) is 3.41. The molecule has 0 bridgehead atoms. The van der Waals surface area contributed by atoms with Crippen LogP contribution in [0.2, 0.25) is 0 Å². The third kappa shape index (κ3) is 3.12. The summed E-state index contributed by atoms with van der Waals surface area (Å²) in [6, 6.07) is 4.33. The molecule has 1 fully saturated rings. The number of rotatable bonds is 4. The number of halogens is 3. The van der Waals surface area contributed by atoms with E-state index in [2.05, 4.69) is 15.1 Å². The molecule has 2 N–H and O–H groups in total. The number of nitrogens with one attached hydrogen (secondary N) is 1. The summed E-state index contributed by atoms with van der Waals surface area (Å²) >= 11 is 0. The van der Waals surface area contributed by atoms with Gasteiger partial charge in [0.15, 0.2) is 5.65 Å². The fourth-order valence-electron chi connectivity index (χ4n) is 3.15. The minimum Gasteiger partial charge on any atom is -0.390 e. The van der Waals surface area contributed by atoms with E-state index in [0.29, 0.717) is 17.0 Å². The van der Waals surface area contributed by atoms with Crippen molar-refractivity contribution in [1.82, 2.24) is 19.7 Å². The standard InChI is InChI=1S/C18H17F3N4O2/c1-9(10-4-6-12(7-5-10)18(19,20)21)25-16-14(13(8-26)24-25)17(27)23-15(22-16)11-2-3-11/h4-7,9,11,26H,2-3,8H2,1H3,(H,22,23,27)/t9-/m1/s1. The zero-order chi connectivity index (χ0) is 19.3. The maximum atomic E-state index is 12.8. The number of aromatic amines is 1. The molecule has 0 spiro atoms. The SMILES string of the molecule is C[C@H](c1ccc(C(F)(F)F)cc1)n1nc(CO)c2c(=O)[nH]c(C3CC3)nc21. The van der Waals surface area contributed by atoms with E-state index >= 15 is 0 Å². The van der Waals surface area contributed by atoms with Crippen LogP contribution in [-0.4, -0.2) is 24.9 Å². The zero-order valence-corrected chi connectivity index (χ0v) is 14.4. The lowest BCUT2D eigenvalue weighted by Gasteiger charge is -2.15. The molecule has 9 heteroatoms. The van der Waals surface area contributed by atoms with Gasteiger partial charge >= 0.3 is 6.18 Å². The summed E-state index contributed by atoms with van der Waals surface area (Å²) in [5.41, 5.74) is 0.0196. The summed E-state index contributed by atoms with van der Waals surface area (Å²) in [5.74, 6) is 0.794. The van der Waals surface area contributed by atoms with Crippen molar-refractivity contribution in [2.24, 2.45) is 0 Å². The Hall–Kier alpha value is -2.68. The lowest BCUT2D eigenvalue weighted by molar-refractivity contribution is -0.137. The van der Waals surface area contributed by atoms with Crippen molar-refractivity contribution in [1.29, 1.82) is 0 Å². The fraction of sp³-hybridized carbons (Fsp3) is 0.389. The molecule has 1 aliphatic carbocycles. The van der Waals surface area contributed by atoms with E-state index in [4.69, 9.17) is 0 Å². The highest BCUT2D eigenvalue weighted by atomic mass is 19.4. The first-order chi connectivity index (χ1) is 12.8. The number of benzene rings is 1. The summed E-state index contributed by atoms with van der Waals surface area (Å²) in [4.78, 5) is 19.7. The topological polar surface area (TPSA) is 83.8 Å². The van der Waals surface area contributed by atoms with Gasteiger partial charge in [0.05, 0.1) is 18.2 Å². The highest BCUT2D eigenvalue weighted by molar-refractivity contribution is 5.77. The van der Waals surface area contributed by atoms with Crippen molar-refractivity contribution in [3.8, 4) is 0 Å². The Kier molecular flexibility index (Phi) is 4.06. The molecule has 1 aromatic carbocycles. The highest BCUT2D eigenvalue weighted by Gasteiger charge is 2.31. The van der Waals surface area contributed by atoms with Gasteiger partial charge < -0.3 is 10.1 Å². The summed E-state index contributed by atoms with van der Waals surface area (Å²) in [5, 5.41) is 14.1. The third-order valence-corrected chi connectivity index (χ3v) is 4.85. The van der Waals surface area contributed by atoms with Gasteiger partial charge in [-0.15, -0.1) is 0 Å². The molecule has 0 aliphatic heterocycles. The predicted octanol–water partition coefficient (Wildman–Crippen LogP) is 3.12. The van der Waals surface area contributed by atoms with Crippen LogP contribution >= 0.6 is 0 Å². The number of aliphatic hydroxyl groups excluding tert-OH is 1. The molecule has 6 nitrogen and oxygen atoms in total. The largest absolute Gasteiger partial charge is 0.416 e. The average molecular weight is 378 g/mol.